The lowest BCUT2D eigenvalue weighted by Gasteiger charge is -2.07. The summed E-state index contributed by atoms with van der Waals surface area (Å²) in [7, 11) is 1.50. The lowest BCUT2D eigenvalue weighted by Crippen LogP contribution is -1.99. The molecule has 0 atom stereocenters. The summed E-state index contributed by atoms with van der Waals surface area (Å²) in [5.74, 6) is -0.0799. The highest BCUT2D eigenvalue weighted by molar-refractivity contribution is 7.11. The minimum Gasteiger partial charge on any atom is -0.497 e. The third kappa shape index (κ3) is 3.24. The number of aromatic nitrogens is 1. The molecule has 2 rings (SSSR count). The molecular weight excluding hydrogens is 280 g/mol. The highest BCUT2D eigenvalue weighted by Crippen LogP contribution is 2.23. The first kappa shape index (κ1) is 13.8. The van der Waals surface area contributed by atoms with Crippen LogP contribution in [0.3, 0.4) is 0 Å². The Morgan fingerprint density at radius 1 is 1.45 bits per heavy atom. The first-order valence-corrected chi connectivity index (χ1v) is 6.40. The fourth-order valence-electron chi connectivity index (χ4n) is 1.47. The van der Waals surface area contributed by atoms with Crippen LogP contribution in [0.1, 0.15) is 21.1 Å². The Morgan fingerprint density at radius 3 is 2.80 bits per heavy atom. The van der Waals surface area contributed by atoms with Gasteiger partial charge in [0.2, 0.25) is 5.01 Å². The highest BCUT2D eigenvalue weighted by Gasteiger charge is 2.09. The molecular formula is C13H10N2O4S. The second kappa shape index (κ2) is 6.04. The van der Waals surface area contributed by atoms with E-state index in [4.69, 9.17) is 19.8 Å². The monoisotopic (exact) mass is 290 g/mol. The lowest BCUT2D eigenvalue weighted by molar-refractivity contribution is 0.0696. The summed E-state index contributed by atoms with van der Waals surface area (Å²) in [6.07, 6.45) is 0. The van der Waals surface area contributed by atoms with Crippen LogP contribution in [0.4, 0.5) is 0 Å². The van der Waals surface area contributed by atoms with Crippen molar-refractivity contribution in [2.75, 3.05) is 7.11 Å². The molecule has 0 aliphatic carbocycles. The topological polar surface area (TPSA) is 92.4 Å². The molecule has 0 saturated heterocycles. The number of hydrogen-bond acceptors (Lipinski definition) is 6. The average molecular weight is 290 g/mol. The SMILES string of the molecule is COc1cc(C#N)cc(OCc2csc(C(=O)O)n2)c1. The van der Waals surface area contributed by atoms with Crippen molar-refractivity contribution < 1.29 is 19.4 Å². The van der Waals surface area contributed by atoms with Crippen LogP contribution in [-0.4, -0.2) is 23.2 Å². The van der Waals surface area contributed by atoms with Gasteiger partial charge in [0, 0.05) is 11.4 Å². The predicted molar refractivity (Wildman–Crippen MR) is 71.1 cm³/mol. The predicted octanol–water partition coefficient (Wildman–Crippen LogP) is 2.30. The van der Waals surface area contributed by atoms with Crippen LogP contribution in [0.25, 0.3) is 0 Å². The van der Waals surface area contributed by atoms with Crippen molar-refractivity contribution >= 4 is 17.3 Å². The van der Waals surface area contributed by atoms with Crippen LogP contribution in [0.5, 0.6) is 11.5 Å². The molecule has 0 spiro atoms. The molecule has 1 N–H and O–H groups in total. The normalized spacial score (nSPS) is 9.80. The van der Waals surface area contributed by atoms with Gasteiger partial charge in [0.15, 0.2) is 0 Å². The third-order valence-electron chi connectivity index (χ3n) is 2.37. The zero-order chi connectivity index (χ0) is 14.5. The van der Waals surface area contributed by atoms with E-state index >= 15 is 0 Å². The molecule has 0 radical (unpaired) electrons. The maximum Gasteiger partial charge on any atom is 0.365 e. The number of nitrogens with zero attached hydrogens (tertiary/aromatic N) is 2. The fraction of sp³-hybridized carbons (Fsp3) is 0.154. The first-order chi connectivity index (χ1) is 9.62. The van der Waals surface area contributed by atoms with E-state index in [-0.39, 0.29) is 11.6 Å². The summed E-state index contributed by atoms with van der Waals surface area (Å²) in [6, 6.07) is 6.82. The zero-order valence-electron chi connectivity index (χ0n) is 10.5. The van der Waals surface area contributed by atoms with Crippen molar-refractivity contribution in [3.05, 3.63) is 39.8 Å². The Labute approximate surface area is 118 Å². The molecule has 0 aliphatic rings. The van der Waals surface area contributed by atoms with Crippen molar-refractivity contribution in [2.24, 2.45) is 0 Å². The van der Waals surface area contributed by atoms with E-state index in [0.29, 0.717) is 22.8 Å². The van der Waals surface area contributed by atoms with E-state index in [2.05, 4.69) is 4.98 Å². The largest absolute Gasteiger partial charge is 0.497 e. The molecule has 0 amide bonds. The van der Waals surface area contributed by atoms with E-state index in [1.54, 1.807) is 23.6 Å². The van der Waals surface area contributed by atoms with Gasteiger partial charge in [-0.25, -0.2) is 9.78 Å². The van der Waals surface area contributed by atoms with Gasteiger partial charge in [0.1, 0.15) is 18.1 Å². The molecule has 7 heteroatoms. The molecule has 1 aromatic carbocycles. The first-order valence-electron chi connectivity index (χ1n) is 5.52. The summed E-state index contributed by atoms with van der Waals surface area (Å²) in [5.41, 5.74) is 0.942. The van der Waals surface area contributed by atoms with Gasteiger partial charge in [-0.3, -0.25) is 0 Å². The molecule has 2 aromatic rings. The van der Waals surface area contributed by atoms with Gasteiger partial charge in [-0.15, -0.1) is 11.3 Å². The van der Waals surface area contributed by atoms with Crippen LogP contribution in [0, 0.1) is 11.3 Å². The third-order valence-corrected chi connectivity index (χ3v) is 3.25. The number of carbonyl (C=O) groups is 1. The van der Waals surface area contributed by atoms with Crippen LogP contribution in [-0.2, 0) is 6.61 Å². The number of hydrogen-bond donors (Lipinski definition) is 1. The number of carboxylic acids is 1. The van der Waals surface area contributed by atoms with Gasteiger partial charge in [-0.2, -0.15) is 5.26 Å². The van der Waals surface area contributed by atoms with Gasteiger partial charge in [-0.05, 0) is 12.1 Å². The molecule has 102 valence electrons. The molecule has 0 bridgehead atoms. The number of ether oxygens (including phenoxy) is 2. The van der Waals surface area contributed by atoms with E-state index in [1.807, 2.05) is 6.07 Å². The van der Waals surface area contributed by atoms with Crippen molar-refractivity contribution in [2.45, 2.75) is 6.61 Å². The van der Waals surface area contributed by atoms with Crippen LogP contribution >= 0.6 is 11.3 Å². The standard InChI is InChI=1S/C13H10N2O4S/c1-18-10-2-8(5-14)3-11(4-10)19-6-9-7-20-12(15-9)13(16)17/h2-4,7H,6H2,1H3,(H,16,17). The number of nitriles is 1. The Balaban J connectivity index is 2.10. The van der Waals surface area contributed by atoms with Crippen LogP contribution in [0.2, 0.25) is 0 Å². The zero-order valence-corrected chi connectivity index (χ0v) is 11.3. The van der Waals surface area contributed by atoms with Crippen molar-refractivity contribution in [1.29, 1.82) is 5.26 Å². The molecule has 1 aromatic heterocycles. The summed E-state index contributed by atoms with van der Waals surface area (Å²) in [5, 5.41) is 19.3. The van der Waals surface area contributed by atoms with Gasteiger partial charge in [0.05, 0.1) is 24.4 Å². The summed E-state index contributed by atoms with van der Waals surface area (Å²) < 4.78 is 10.6. The van der Waals surface area contributed by atoms with Crippen LogP contribution in [0.15, 0.2) is 23.6 Å². The number of rotatable bonds is 5. The number of aromatic carboxylic acids is 1. The second-order valence-electron chi connectivity index (χ2n) is 3.75. The van der Waals surface area contributed by atoms with Crippen molar-refractivity contribution in [3.8, 4) is 17.6 Å². The van der Waals surface area contributed by atoms with Crippen LogP contribution < -0.4 is 9.47 Å². The maximum atomic E-state index is 10.7. The maximum absolute atomic E-state index is 10.7. The number of methoxy groups -OCH3 is 1. The quantitative estimate of drug-likeness (QED) is 0.908. The van der Waals surface area contributed by atoms with Gasteiger partial charge in [-0.1, -0.05) is 0 Å². The number of carboxylic acid groups (broad SMARTS) is 1. The number of benzene rings is 1. The highest BCUT2D eigenvalue weighted by atomic mass is 32.1. The van der Waals surface area contributed by atoms with Gasteiger partial charge in [0.25, 0.3) is 0 Å². The smallest absolute Gasteiger partial charge is 0.365 e. The molecule has 1 heterocycles. The molecule has 0 aliphatic heterocycles. The summed E-state index contributed by atoms with van der Waals surface area (Å²) in [6.45, 7) is 0.127. The Bertz CT molecular complexity index is 675. The molecule has 0 unspecified atom stereocenters. The minimum atomic E-state index is -1.06. The van der Waals surface area contributed by atoms with E-state index in [1.165, 1.54) is 7.11 Å². The summed E-state index contributed by atoms with van der Waals surface area (Å²) in [4.78, 5) is 14.6. The van der Waals surface area contributed by atoms with E-state index in [9.17, 15) is 4.79 Å². The minimum absolute atomic E-state index is 0.0203. The lowest BCUT2D eigenvalue weighted by atomic mass is 10.2. The fourth-order valence-corrected chi connectivity index (χ4v) is 2.11. The second-order valence-corrected chi connectivity index (χ2v) is 4.60. The molecule has 6 nitrogen and oxygen atoms in total. The van der Waals surface area contributed by atoms with Crippen molar-refractivity contribution in [3.63, 3.8) is 0 Å². The number of thiazole rings is 1. The molecule has 0 fully saturated rings. The Kier molecular flexibility index (Phi) is 4.17. The molecule has 0 saturated carbocycles. The Morgan fingerprint density at radius 2 is 2.20 bits per heavy atom. The van der Waals surface area contributed by atoms with Gasteiger partial charge < -0.3 is 14.6 Å². The molecule has 20 heavy (non-hydrogen) atoms. The van der Waals surface area contributed by atoms with E-state index in [0.717, 1.165) is 11.3 Å². The summed E-state index contributed by atoms with van der Waals surface area (Å²) >= 11 is 1.04. The Hall–Kier alpha value is -2.59. The van der Waals surface area contributed by atoms with E-state index < -0.39 is 5.97 Å². The average Bonchev–Trinajstić information content (AvgIpc) is 2.93. The van der Waals surface area contributed by atoms with Crippen molar-refractivity contribution in [1.82, 2.24) is 4.98 Å². The van der Waals surface area contributed by atoms with Gasteiger partial charge >= 0.3 is 5.97 Å².